The van der Waals surface area contributed by atoms with E-state index in [0.29, 0.717) is 13.0 Å². The monoisotopic (exact) mass is 997 g/mol. The molecule has 11 unspecified atom stereocenters. The minimum Gasteiger partial charge on any atom is -0.457 e. The molecule has 0 aromatic heterocycles. The molecule has 2 heterocycles. The third-order valence-electron chi connectivity index (χ3n) is 13.1. The SMILES string of the molecule is CCCCCCC/C=C\C/C=C\C/C=C\CCCCCCCCCOCC(COC1OC(COC2OC(CO)C(O)C(O)C2O)C(O)C(O)C1O)OC(=O)CCCCCCC/C=C\CCCCCCC. The largest absolute Gasteiger partial charge is 0.457 e. The van der Waals surface area contributed by atoms with Crippen LogP contribution in [0.2, 0.25) is 0 Å². The maximum atomic E-state index is 13.0. The molecule has 14 heteroatoms. The molecule has 0 aromatic rings. The maximum Gasteiger partial charge on any atom is 0.306 e. The Hall–Kier alpha value is -2.05. The number of unbranched alkanes of at least 4 members (excludes halogenated alkanes) is 22. The molecule has 14 nitrogen and oxygen atoms in total. The average molecular weight is 997 g/mol. The van der Waals surface area contributed by atoms with Crippen molar-refractivity contribution in [1.82, 2.24) is 0 Å². The lowest BCUT2D eigenvalue weighted by molar-refractivity contribution is -0.332. The van der Waals surface area contributed by atoms with Gasteiger partial charge in [0.2, 0.25) is 0 Å². The number of carbonyl (C=O) groups excluding carboxylic acids is 1. The Labute approximate surface area is 422 Å². The molecule has 7 N–H and O–H groups in total. The molecule has 2 rings (SSSR count). The quantitative estimate of drug-likeness (QED) is 0.0172. The topological polar surface area (TPSA) is 214 Å². The number of ether oxygens (including phenoxy) is 6. The van der Waals surface area contributed by atoms with Gasteiger partial charge in [-0.05, 0) is 77.0 Å². The molecule has 2 fully saturated rings. The van der Waals surface area contributed by atoms with E-state index in [0.717, 1.165) is 77.0 Å². The van der Waals surface area contributed by atoms with Crippen LogP contribution >= 0.6 is 0 Å². The molecular formula is C56H100O14. The third kappa shape index (κ3) is 30.2. The lowest BCUT2D eigenvalue weighted by atomic mass is 9.98. The first-order chi connectivity index (χ1) is 34.1. The van der Waals surface area contributed by atoms with Gasteiger partial charge in [-0.25, -0.2) is 0 Å². The summed E-state index contributed by atoms with van der Waals surface area (Å²) in [5.74, 6) is -0.389. The van der Waals surface area contributed by atoms with Crippen LogP contribution in [0.5, 0.6) is 0 Å². The molecule has 408 valence electrons. The Kier molecular flexibility index (Phi) is 39.7. The fourth-order valence-electron chi connectivity index (χ4n) is 8.52. The molecule has 2 aliphatic heterocycles. The normalized spacial score (nSPS) is 25.8. The molecule has 11 atom stereocenters. The number of rotatable bonds is 44. The van der Waals surface area contributed by atoms with Crippen LogP contribution in [0.3, 0.4) is 0 Å². The Bertz CT molecular complexity index is 1340. The summed E-state index contributed by atoms with van der Waals surface area (Å²) in [6.45, 7) is 3.64. The summed E-state index contributed by atoms with van der Waals surface area (Å²) in [6, 6.07) is 0. The Morgan fingerprint density at radius 1 is 0.471 bits per heavy atom. The lowest BCUT2D eigenvalue weighted by Crippen LogP contribution is -2.61. The molecule has 2 saturated heterocycles. The van der Waals surface area contributed by atoms with Crippen LogP contribution in [0.1, 0.15) is 200 Å². The van der Waals surface area contributed by atoms with Crippen LogP contribution in [0.4, 0.5) is 0 Å². The second-order valence-electron chi connectivity index (χ2n) is 19.4. The number of aliphatic hydroxyl groups is 7. The van der Waals surface area contributed by atoms with Gasteiger partial charge in [0.05, 0.1) is 26.4 Å². The van der Waals surface area contributed by atoms with Crippen molar-refractivity contribution in [2.24, 2.45) is 0 Å². The van der Waals surface area contributed by atoms with Gasteiger partial charge in [-0.2, -0.15) is 0 Å². The summed E-state index contributed by atoms with van der Waals surface area (Å²) in [4.78, 5) is 13.0. The molecule has 0 spiro atoms. The molecule has 0 amide bonds. The van der Waals surface area contributed by atoms with Gasteiger partial charge in [0.1, 0.15) is 54.9 Å². The highest BCUT2D eigenvalue weighted by Gasteiger charge is 2.47. The van der Waals surface area contributed by atoms with E-state index in [1.807, 2.05) is 0 Å². The van der Waals surface area contributed by atoms with Crippen LogP contribution in [0.25, 0.3) is 0 Å². The molecule has 0 radical (unpaired) electrons. The zero-order chi connectivity index (χ0) is 50.9. The number of hydrogen-bond donors (Lipinski definition) is 7. The van der Waals surface area contributed by atoms with E-state index >= 15 is 0 Å². The zero-order valence-corrected chi connectivity index (χ0v) is 43.5. The fourth-order valence-corrected chi connectivity index (χ4v) is 8.52. The van der Waals surface area contributed by atoms with Gasteiger partial charge >= 0.3 is 5.97 Å². The van der Waals surface area contributed by atoms with Gasteiger partial charge in [0.25, 0.3) is 0 Å². The summed E-state index contributed by atoms with van der Waals surface area (Å²) in [6.07, 6.45) is 34.5. The van der Waals surface area contributed by atoms with E-state index < -0.39 is 80.7 Å². The zero-order valence-electron chi connectivity index (χ0n) is 43.5. The Balaban J connectivity index is 1.74. The summed E-state index contributed by atoms with van der Waals surface area (Å²) >= 11 is 0. The average Bonchev–Trinajstić information content (AvgIpc) is 3.36. The van der Waals surface area contributed by atoms with Crippen molar-refractivity contribution in [3.05, 3.63) is 48.6 Å². The highest BCUT2D eigenvalue weighted by molar-refractivity contribution is 5.69. The van der Waals surface area contributed by atoms with E-state index in [-0.39, 0.29) is 25.6 Å². The highest BCUT2D eigenvalue weighted by atomic mass is 16.7. The standard InChI is InChI=1S/C56H100O14/c1-3-5-7-9-11-13-15-17-19-20-21-22-23-24-25-26-28-30-32-34-36-38-40-65-42-45(68-48(58)39-37-35-33-31-29-27-18-16-14-12-10-8-6-4-2)43-66-55-54(64)52(62)50(60)47(70-55)44-67-56-53(63)51(61)49(59)46(41-57)69-56/h15-18,20-21,23-24,45-47,49-57,59-64H,3-14,19,22,25-44H2,1-2H3/b17-15-,18-16-,21-20-,24-23-. The highest BCUT2D eigenvalue weighted by Crippen LogP contribution is 2.26. The van der Waals surface area contributed by atoms with E-state index in [1.165, 1.54) is 96.3 Å². The summed E-state index contributed by atoms with van der Waals surface area (Å²) < 4.78 is 34.3. The smallest absolute Gasteiger partial charge is 0.306 e. The minimum absolute atomic E-state index is 0.0508. The number of esters is 1. The van der Waals surface area contributed by atoms with Crippen molar-refractivity contribution in [1.29, 1.82) is 0 Å². The van der Waals surface area contributed by atoms with E-state index in [1.54, 1.807) is 0 Å². The molecule has 0 saturated carbocycles. The van der Waals surface area contributed by atoms with Gasteiger partial charge in [-0.15, -0.1) is 0 Å². The van der Waals surface area contributed by atoms with E-state index in [9.17, 15) is 40.5 Å². The number of hydrogen-bond acceptors (Lipinski definition) is 14. The van der Waals surface area contributed by atoms with Crippen LogP contribution < -0.4 is 0 Å². The molecule has 2 aliphatic rings. The van der Waals surface area contributed by atoms with Crippen molar-refractivity contribution in [3.63, 3.8) is 0 Å². The lowest BCUT2D eigenvalue weighted by Gasteiger charge is -2.42. The summed E-state index contributed by atoms with van der Waals surface area (Å²) in [7, 11) is 0. The molecule has 0 bridgehead atoms. The number of allylic oxidation sites excluding steroid dienone is 8. The van der Waals surface area contributed by atoms with Gasteiger partial charge in [0, 0.05) is 13.0 Å². The van der Waals surface area contributed by atoms with E-state index in [4.69, 9.17) is 28.4 Å². The van der Waals surface area contributed by atoms with Gasteiger partial charge < -0.3 is 64.2 Å². The summed E-state index contributed by atoms with van der Waals surface area (Å²) in [5.41, 5.74) is 0. The van der Waals surface area contributed by atoms with Crippen molar-refractivity contribution in [2.75, 3.05) is 33.0 Å². The number of aliphatic hydroxyl groups excluding tert-OH is 7. The maximum absolute atomic E-state index is 13.0. The Morgan fingerprint density at radius 2 is 0.886 bits per heavy atom. The van der Waals surface area contributed by atoms with Crippen LogP contribution in [0, 0.1) is 0 Å². The van der Waals surface area contributed by atoms with Crippen LogP contribution in [0.15, 0.2) is 48.6 Å². The second-order valence-corrected chi connectivity index (χ2v) is 19.4. The van der Waals surface area contributed by atoms with Crippen molar-refractivity contribution >= 4 is 5.97 Å². The van der Waals surface area contributed by atoms with Gasteiger partial charge in [0.15, 0.2) is 12.6 Å². The van der Waals surface area contributed by atoms with Crippen molar-refractivity contribution in [3.8, 4) is 0 Å². The van der Waals surface area contributed by atoms with Crippen LogP contribution in [-0.4, -0.2) is 142 Å². The predicted molar refractivity (Wildman–Crippen MR) is 275 cm³/mol. The van der Waals surface area contributed by atoms with Gasteiger partial charge in [-0.1, -0.05) is 165 Å². The predicted octanol–water partition coefficient (Wildman–Crippen LogP) is 9.13. The third-order valence-corrected chi connectivity index (χ3v) is 13.1. The van der Waals surface area contributed by atoms with Gasteiger partial charge in [-0.3, -0.25) is 4.79 Å². The fraction of sp³-hybridized carbons (Fsp3) is 0.839. The van der Waals surface area contributed by atoms with Crippen LogP contribution in [-0.2, 0) is 33.2 Å². The minimum atomic E-state index is -1.71. The first kappa shape index (κ1) is 64.1. The first-order valence-corrected chi connectivity index (χ1v) is 27.7. The number of carbonyl (C=O) groups is 1. The Morgan fingerprint density at radius 3 is 1.40 bits per heavy atom. The molecule has 0 aromatic carbocycles. The second kappa shape index (κ2) is 43.4. The first-order valence-electron chi connectivity index (χ1n) is 27.7. The molecular weight excluding hydrogens is 897 g/mol. The van der Waals surface area contributed by atoms with Crippen molar-refractivity contribution < 1.29 is 69.0 Å². The van der Waals surface area contributed by atoms with Crippen molar-refractivity contribution in [2.45, 2.75) is 268 Å². The molecule has 0 aliphatic carbocycles. The molecule has 70 heavy (non-hydrogen) atoms. The van der Waals surface area contributed by atoms with E-state index in [2.05, 4.69) is 62.5 Å². The summed E-state index contributed by atoms with van der Waals surface area (Å²) in [5, 5.41) is 72.2.